The van der Waals surface area contributed by atoms with Crippen molar-refractivity contribution in [3.05, 3.63) is 29.3 Å². The fourth-order valence-electron chi connectivity index (χ4n) is 2.38. The minimum absolute atomic E-state index is 0.458. The lowest BCUT2D eigenvalue weighted by molar-refractivity contribution is 0.203. The first-order valence-corrected chi connectivity index (χ1v) is 7.27. The Hall–Kier alpha value is -0.730. The third-order valence-electron chi connectivity index (χ3n) is 3.58. The van der Waals surface area contributed by atoms with E-state index < -0.39 is 0 Å². The second-order valence-electron chi connectivity index (χ2n) is 5.06. The Balaban J connectivity index is 1.80. The van der Waals surface area contributed by atoms with Gasteiger partial charge in [-0.25, -0.2) is 0 Å². The summed E-state index contributed by atoms with van der Waals surface area (Å²) in [6, 6.07) is 8.07. The van der Waals surface area contributed by atoms with Crippen molar-refractivity contribution in [1.29, 1.82) is 0 Å². The molecule has 0 aliphatic heterocycles. The van der Waals surface area contributed by atoms with E-state index in [0.717, 1.165) is 29.8 Å². The Morgan fingerprint density at radius 1 is 1.44 bits per heavy atom. The summed E-state index contributed by atoms with van der Waals surface area (Å²) in [6.07, 6.45) is 5.41. The zero-order chi connectivity index (χ0) is 12.8. The van der Waals surface area contributed by atoms with E-state index in [1.165, 1.54) is 25.7 Å². The van der Waals surface area contributed by atoms with Crippen molar-refractivity contribution in [3.8, 4) is 5.75 Å². The van der Waals surface area contributed by atoms with E-state index in [-0.39, 0.29) is 0 Å². The fourth-order valence-corrected chi connectivity index (χ4v) is 2.56. The Bertz CT molecular complexity index is 365. The minimum Gasteiger partial charge on any atom is -0.492 e. The van der Waals surface area contributed by atoms with Crippen LogP contribution in [-0.4, -0.2) is 19.2 Å². The molecule has 0 heterocycles. The second kappa shape index (κ2) is 7.01. The third-order valence-corrected chi connectivity index (χ3v) is 3.82. The Kier molecular flexibility index (Phi) is 5.33. The van der Waals surface area contributed by atoms with Crippen molar-refractivity contribution in [2.75, 3.05) is 13.2 Å². The molecule has 3 heteroatoms. The van der Waals surface area contributed by atoms with Crippen molar-refractivity contribution >= 4 is 11.6 Å². The summed E-state index contributed by atoms with van der Waals surface area (Å²) in [5.41, 5.74) is 0. The van der Waals surface area contributed by atoms with Gasteiger partial charge in [0.05, 0.1) is 0 Å². The van der Waals surface area contributed by atoms with Crippen molar-refractivity contribution in [1.82, 2.24) is 5.32 Å². The Labute approximate surface area is 115 Å². The second-order valence-corrected chi connectivity index (χ2v) is 5.49. The lowest BCUT2D eigenvalue weighted by atomic mass is 9.81. The summed E-state index contributed by atoms with van der Waals surface area (Å²) in [4.78, 5) is 0. The van der Waals surface area contributed by atoms with Crippen molar-refractivity contribution < 1.29 is 4.74 Å². The number of ether oxygens (including phenoxy) is 1. The van der Waals surface area contributed by atoms with Crippen molar-refractivity contribution in [2.24, 2.45) is 5.92 Å². The number of likely N-dealkylation sites (N-methyl/N-ethyl adjacent to an activating group) is 1. The number of halogens is 1. The van der Waals surface area contributed by atoms with E-state index in [9.17, 15) is 0 Å². The maximum atomic E-state index is 5.94. The lowest BCUT2D eigenvalue weighted by Crippen LogP contribution is -2.37. The standard InChI is InChI=1S/C15H22ClNO/c1-2-17-14(9-12-5-3-6-12)11-18-15-8-4-7-13(16)10-15/h4,7-8,10,12,14,17H,2-3,5-6,9,11H2,1H3. The number of hydrogen-bond acceptors (Lipinski definition) is 2. The summed E-state index contributed by atoms with van der Waals surface area (Å²) >= 11 is 5.94. The predicted octanol–water partition coefficient (Wildman–Crippen LogP) is 3.89. The molecule has 1 aromatic rings. The van der Waals surface area contributed by atoms with Crippen LogP contribution in [0.3, 0.4) is 0 Å². The Morgan fingerprint density at radius 3 is 2.89 bits per heavy atom. The molecule has 0 bridgehead atoms. The van der Waals surface area contributed by atoms with Crippen molar-refractivity contribution in [3.63, 3.8) is 0 Å². The molecule has 1 atom stereocenters. The number of benzene rings is 1. The molecule has 0 amide bonds. The van der Waals surface area contributed by atoms with Gasteiger partial charge in [0.1, 0.15) is 12.4 Å². The van der Waals surface area contributed by atoms with Crippen LogP contribution in [0.5, 0.6) is 5.75 Å². The van der Waals surface area contributed by atoms with Crippen LogP contribution < -0.4 is 10.1 Å². The highest BCUT2D eigenvalue weighted by atomic mass is 35.5. The zero-order valence-corrected chi connectivity index (χ0v) is 11.7. The molecule has 2 rings (SSSR count). The van der Waals surface area contributed by atoms with Gasteiger partial charge in [-0.3, -0.25) is 0 Å². The molecule has 1 N–H and O–H groups in total. The van der Waals surface area contributed by atoms with Gasteiger partial charge in [-0.15, -0.1) is 0 Å². The SMILES string of the molecule is CCNC(COc1cccc(Cl)c1)CC1CCC1. The minimum atomic E-state index is 0.458. The van der Waals surface area contributed by atoms with Gasteiger partial charge in [0.2, 0.25) is 0 Å². The summed E-state index contributed by atoms with van der Waals surface area (Å²) in [7, 11) is 0. The highest BCUT2D eigenvalue weighted by Crippen LogP contribution is 2.30. The number of nitrogens with one attached hydrogen (secondary N) is 1. The van der Waals surface area contributed by atoms with Gasteiger partial charge in [0, 0.05) is 11.1 Å². The molecule has 0 aromatic heterocycles. The summed E-state index contributed by atoms with van der Waals surface area (Å²) in [5.74, 6) is 1.76. The van der Waals surface area contributed by atoms with Crippen LogP contribution in [0.1, 0.15) is 32.6 Å². The van der Waals surface area contributed by atoms with Crippen LogP contribution in [0.25, 0.3) is 0 Å². The van der Waals surface area contributed by atoms with Crippen LogP contribution in [0.15, 0.2) is 24.3 Å². The lowest BCUT2D eigenvalue weighted by Gasteiger charge is -2.30. The smallest absolute Gasteiger partial charge is 0.120 e. The molecule has 2 nitrogen and oxygen atoms in total. The van der Waals surface area contributed by atoms with Gasteiger partial charge in [-0.2, -0.15) is 0 Å². The topological polar surface area (TPSA) is 21.3 Å². The molecule has 1 saturated carbocycles. The van der Waals surface area contributed by atoms with Gasteiger partial charge in [-0.05, 0) is 37.1 Å². The largest absolute Gasteiger partial charge is 0.492 e. The first-order valence-electron chi connectivity index (χ1n) is 6.89. The molecule has 100 valence electrons. The van der Waals surface area contributed by atoms with Gasteiger partial charge in [0.25, 0.3) is 0 Å². The quantitative estimate of drug-likeness (QED) is 0.809. The van der Waals surface area contributed by atoms with E-state index in [2.05, 4.69) is 12.2 Å². The van der Waals surface area contributed by atoms with E-state index in [4.69, 9.17) is 16.3 Å². The van der Waals surface area contributed by atoms with Crippen LogP contribution in [0.4, 0.5) is 0 Å². The molecule has 1 aliphatic rings. The van der Waals surface area contributed by atoms with E-state index in [1.807, 2.05) is 24.3 Å². The van der Waals surface area contributed by atoms with Gasteiger partial charge < -0.3 is 10.1 Å². The average molecular weight is 268 g/mol. The van der Waals surface area contributed by atoms with Gasteiger partial charge >= 0.3 is 0 Å². The van der Waals surface area contributed by atoms with E-state index in [1.54, 1.807) is 0 Å². The molecule has 0 spiro atoms. The van der Waals surface area contributed by atoms with Gasteiger partial charge in [0.15, 0.2) is 0 Å². The Morgan fingerprint density at radius 2 is 2.28 bits per heavy atom. The fraction of sp³-hybridized carbons (Fsp3) is 0.600. The third kappa shape index (κ3) is 4.18. The van der Waals surface area contributed by atoms with Crippen LogP contribution in [0, 0.1) is 5.92 Å². The molecular weight excluding hydrogens is 246 g/mol. The number of hydrogen-bond donors (Lipinski definition) is 1. The number of rotatable bonds is 7. The highest BCUT2D eigenvalue weighted by Gasteiger charge is 2.22. The molecule has 0 saturated heterocycles. The van der Waals surface area contributed by atoms with E-state index in [0.29, 0.717) is 6.04 Å². The predicted molar refractivity (Wildman–Crippen MR) is 76.4 cm³/mol. The molecule has 0 radical (unpaired) electrons. The highest BCUT2D eigenvalue weighted by molar-refractivity contribution is 6.30. The first kappa shape index (κ1) is 13.7. The monoisotopic (exact) mass is 267 g/mol. The first-order chi connectivity index (χ1) is 8.78. The van der Waals surface area contributed by atoms with Crippen LogP contribution in [0.2, 0.25) is 5.02 Å². The molecular formula is C15H22ClNO. The maximum Gasteiger partial charge on any atom is 0.120 e. The molecule has 1 unspecified atom stereocenters. The molecule has 1 fully saturated rings. The normalized spacial score (nSPS) is 17.2. The summed E-state index contributed by atoms with van der Waals surface area (Å²) in [5, 5.41) is 4.24. The zero-order valence-electron chi connectivity index (χ0n) is 11.0. The molecule has 1 aromatic carbocycles. The van der Waals surface area contributed by atoms with Gasteiger partial charge in [-0.1, -0.05) is 43.9 Å². The van der Waals surface area contributed by atoms with Crippen molar-refractivity contribution in [2.45, 2.75) is 38.6 Å². The summed E-state index contributed by atoms with van der Waals surface area (Å²) < 4.78 is 5.82. The van der Waals surface area contributed by atoms with Crippen LogP contribution >= 0.6 is 11.6 Å². The van der Waals surface area contributed by atoms with Crippen LogP contribution in [-0.2, 0) is 0 Å². The maximum absolute atomic E-state index is 5.94. The molecule has 18 heavy (non-hydrogen) atoms. The average Bonchev–Trinajstić information content (AvgIpc) is 2.30. The molecule has 1 aliphatic carbocycles. The van der Waals surface area contributed by atoms with E-state index >= 15 is 0 Å². The summed E-state index contributed by atoms with van der Waals surface area (Å²) in [6.45, 7) is 3.87.